The molecule has 10 heteroatoms. The lowest BCUT2D eigenvalue weighted by Gasteiger charge is -2.45. The lowest BCUT2D eigenvalue weighted by molar-refractivity contribution is -0.119. The number of aromatic nitrogens is 2. The number of amides is 4. The summed E-state index contributed by atoms with van der Waals surface area (Å²) in [5.74, 6) is 0.261. The highest BCUT2D eigenvalue weighted by Crippen LogP contribution is 2.49. The molecule has 1 aromatic heterocycles. The second-order valence-corrected chi connectivity index (χ2v) is 13.2. The molecule has 1 spiro atoms. The fraction of sp³-hybridized carbons (Fsp3) is 0.625. The maximum absolute atomic E-state index is 13.8. The maximum Gasteiger partial charge on any atom is 0.318 e. The number of nitrogens with one attached hydrogen (secondary N) is 3. The van der Waals surface area contributed by atoms with E-state index in [4.69, 9.17) is 4.74 Å². The summed E-state index contributed by atoms with van der Waals surface area (Å²) < 4.78 is 7.22. The van der Waals surface area contributed by atoms with Gasteiger partial charge in [-0.15, -0.1) is 0 Å². The van der Waals surface area contributed by atoms with E-state index in [1.165, 1.54) is 10.2 Å². The van der Waals surface area contributed by atoms with Crippen molar-refractivity contribution in [2.45, 2.75) is 76.3 Å². The Bertz CT molecular complexity index is 1340. The van der Waals surface area contributed by atoms with Crippen LogP contribution in [0.4, 0.5) is 10.5 Å². The number of hydrogen-bond acceptors (Lipinski definition) is 5. The third kappa shape index (κ3) is 5.53. The van der Waals surface area contributed by atoms with Gasteiger partial charge in [-0.3, -0.25) is 14.3 Å². The summed E-state index contributed by atoms with van der Waals surface area (Å²) in [4.78, 5) is 42.1. The SMILES string of the molecule is CCC1CCC([C@H](NC(=O)c2ccnn2C)C(=O)Nc2ccc3c(c2)CC(COC)(N2CC4(CC4)CNC2=O)C3)CC1. The molecule has 1 unspecified atom stereocenters. The third-order valence-electron chi connectivity index (χ3n) is 10.4. The summed E-state index contributed by atoms with van der Waals surface area (Å²) in [6, 6.07) is 7.04. The number of urea groups is 1. The van der Waals surface area contributed by atoms with Crippen LogP contribution in [-0.4, -0.2) is 70.9 Å². The molecule has 10 nitrogen and oxygen atoms in total. The first kappa shape index (κ1) is 28.7. The summed E-state index contributed by atoms with van der Waals surface area (Å²) in [5, 5.41) is 13.4. The van der Waals surface area contributed by atoms with Crippen molar-refractivity contribution in [3.63, 3.8) is 0 Å². The van der Waals surface area contributed by atoms with Crippen LogP contribution in [0.25, 0.3) is 0 Å². The van der Waals surface area contributed by atoms with Crippen LogP contribution in [-0.2, 0) is 29.4 Å². The zero-order valence-electron chi connectivity index (χ0n) is 25.1. The van der Waals surface area contributed by atoms with Crippen molar-refractivity contribution in [1.29, 1.82) is 0 Å². The number of ether oxygens (including phenoxy) is 1. The molecule has 4 aliphatic rings. The van der Waals surface area contributed by atoms with E-state index < -0.39 is 11.6 Å². The number of aryl methyl sites for hydroxylation is 1. The largest absolute Gasteiger partial charge is 0.382 e. The van der Waals surface area contributed by atoms with Gasteiger partial charge in [-0.05, 0) is 79.7 Å². The van der Waals surface area contributed by atoms with Gasteiger partial charge in [-0.2, -0.15) is 5.10 Å². The van der Waals surface area contributed by atoms with E-state index in [2.05, 4.69) is 34.0 Å². The first-order valence-electron chi connectivity index (χ1n) is 15.5. The number of carbonyl (C=O) groups is 3. The van der Waals surface area contributed by atoms with E-state index in [0.717, 1.165) is 70.0 Å². The number of anilines is 1. The molecule has 1 aromatic carbocycles. The molecule has 42 heavy (non-hydrogen) atoms. The van der Waals surface area contributed by atoms with Crippen molar-refractivity contribution >= 4 is 23.5 Å². The van der Waals surface area contributed by atoms with Crippen LogP contribution in [0, 0.1) is 17.3 Å². The molecule has 226 valence electrons. The first-order valence-corrected chi connectivity index (χ1v) is 15.5. The van der Waals surface area contributed by atoms with Crippen molar-refractivity contribution in [3.8, 4) is 0 Å². The van der Waals surface area contributed by atoms with E-state index >= 15 is 0 Å². The molecule has 6 rings (SSSR count). The fourth-order valence-electron chi connectivity index (χ4n) is 7.53. The van der Waals surface area contributed by atoms with Crippen molar-refractivity contribution in [1.82, 2.24) is 25.3 Å². The number of rotatable bonds is 9. The van der Waals surface area contributed by atoms with Gasteiger partial charge < -0.3 is 25.6 Å². The van der Waals surface area contributed by atoms with Gasteiger partial charge in [0.2, 0.25) is 5.91 Å². The van der Waals surface area contributed by atoms with Gasteiger partial charge in [0.25, 0.3) is 5.91 Å². The number of nitrogens with zero attached hydrogens (tertiary/aromatic N) is 3. The Balaban J connectivity index is 1.19. The molecule has 3 fully saturated rings. The Morgan fingerprint density at radius 2 is 1.90 bits per heavy atom. The summed E-state index contributed by atoms with van der Waals surface area (Å²) in [6.45, 7) is 4.19. The molecule has 2 aromatic rings. The minimum atomic E-state index is -0.641. The summed E-state index contributed by atoms with van der Waals surface area (Å²) >= 11 is 0. The Labute approximate surface area is 247 Å². The monoisotopic (exact) mass is 576 g/mol. The van der Waals surface area contributed by atoms with Crippen molar-refractivity contribution in [3.05, 3.63) is 47.3 Å². The van der Waals surface area contributed by atoms with E-state index in [1.807, 2.05) is 17.0 Å². The summed E-state index contributed by atoms with van der Waals surface area (Å²) in [7, 11) is 3.42. The van der Waals surface area contributed by atoms with Crippen molar-refractivity contribution in [2.75, 3.05) is 32.1 Å². The molecule has 4 amide bonds. The predicted molar refractivity (Wildman–Crippen MR) is 159 cm³/mol. The number of carbonyl (C=O) groups excluding carboxylic acids is 3. The number of methoxy groups -OCH3 is 1. The minimum Gasteiger partial charge on any atom is -0.382 e. The number of hydrogen-bond donors (Lipinski definition) is 3. The van der Waals surface area contributed by atoms with Gasteiger partial charge in [0.1, 0.15) is 11.7 Å². The Morgan fingerprint density at radius 1 is 1.14 bits per heavy atom. The molecule has 2 atom stereocenters. The minimum absolute atomic E-state index is 0.0179. The van der Waals surface area contributed by atoms with Crippen LogP contribution < -0.4 is 16.0 Å². The van der Waals surface area contributed by atoms with Gasteiger partial charge in [0, 0.05) is 44.5 Å². The van der Waals surface area contributed by atoms with Crippen molar-refractivity contribution < 1.29 is 19.1 Å². The average Bonchev–Trinajstić information content (AvgIpc) is 3.42. The zero-order chi connectivity index (χ0) is 29.5. The van der Waals surface area contributed by atoms with Gasteiger partial charge >= 0.3 is 6.03 Å². The lowest BCUT2D eigenvalue weighted by atomic mass is 9.77. The second kappa shape index (κ2) is 11.4. The quantitative estimate of drug-likeness (QED) is 0.421. The van der Waals surface area contributed by atoms with Crippen LogP contribution in [0.1, 0.15) is 73.5 Å². The highest BCUT2D eigenvalue weighted by Gasteiger charge is 2.54. The van der Waals surface area contributed by atoms with Crippen LogP contribution in [0.3, 0.4) is 0 Å². The molecule has 2 heterocycles. The molecular formula is C32H44N6O4. The van der Waals surface area contributed by atoms with E-state index in [-0.39, 0.29) is 29.2 Å². The molecule has 1 aliphatic heterocycles. The molecule has 1 saturated heterocycles. The smallest absolute Gasteiger partial charge is 0.318 e. The lowest BCUT2D eigenvalue weighted by Crippen LogP contribution is -2.64. The van der Waals surface area contributed by atoms with E-state index in [0.29, 0.717) is 30.3 Å². The molecule has 0 bridgehead atoms. The molecule has 0 radical (unpaired) electrons. The van der Waals surface area contributed by atoms with Gasteiger partial charge in [0.15, 0.2) is 0 Å². The maximum atomic E-state index is 13.8. The zero-order valence-corrected chi connectivity index (χ0v) is 25.1. The van der Waals surface area contributed by atoms with Crippen molar-refractivity contribution in [2.24, 2.45) is 24.3 Å². The second-order valence-electron chi connectivity index (χ2n) is 13.2. The predicted octanol–water partition coefficient (Wildman–Crippen LogP) is 3.66. The third-order valence-corrected chi connectivity index (χ3v) is 10.4. The van der Waals surface area contributed by atoms with Crippen LogP contribution in [0.15, 0.2) is 30.5 Å². The normalized spacial score (nSPS) is 26.8. The highest BCUT2D eigenvalue weighted by atomic mass is 16.5. The average molecular weight is 577 g/mol. The van der Waals surface area contributed by atoms with E-state index in [1.54, 1.807) is 26.4 Å². The molecule has 3 aliphatic carbocycles. The van der Waals surface area contributed by atoms with Crippen LogP contribution in [0.5, 0.6) is 0 Å². The topological polar surface area (TPSA) is 118 Å². The Morgan fingerprint density at radius 3 is 2.57 bits per heavy atom. The number of fused-ring (bicyclic) bond motifs is 1. The Kier molecular flexibility index (Phi) is 7.76. The molecule has 2 saturated carbocycles. The van der Waals surface area contributed by atoms with Crippen LogP contribution >= 0.6 is 0 Å². The van der Waals surface area contributed by atoms with Gasteiger partial charge in [-0.1, -0.05) is 32.3 Å². The summed E-state index contributed by atoms with van der Waals surface area (Å²) in [5.41, 5.74) is 3.18. The highest BCUT2D eigenvalue weighted by molar-refractivity contribution is 6.00. The Hall–Kier alpha value is -3.40. The molecule has 3 N–H and O–H groups in total. The van der Waals surface area contributed by atoms with Gasteiger partial charge in [0.05, 0.1) is 12.1 Å². The van der Waals surface area contributed by atoms with E-state index in [9.17, 15) is 14.4 Å². The van der Waals surface area contributed by atoms with Gasteiger partial charge in [-0.25, -0.2) is 4.79 Å². The first-order chi connectivity index (χ1) is 20.2. The molecular weight excluding hydrogens is 532 g/mol. The summed E-state index contributed by atoms with van der Waals surface area (Å²) in [6.07, 6.45) is 10.4. The fourth-order valence-corrected chi connectivity index (χ4v) is 7.53. The number of benzene rings is 1. The standard InChI is InChI=1S/C32H44N6O4/c1-4-21-5-7-22(8-6-21)27(36-28(39)26-11-14-34-37(26)2)29(40)35-25-10-9-23-16-32(20-42-3,17-24(23)15-25)38-19-31(12-13-31)18-33-30(38)41/h9-11,14-15,21-22,27H,4-8,12-13,16-20H2,1-3H3,(H,33,41)(H,35,40)(H,36,39)/t21?,22?,27-,32?/m0/s1. The van der Waals surface area contributed by atoms with Crippen LogP contribution in [0.2, 0.25) is 0 Å².